The highest BCUT2D eigenvalue weighted by Crippen LogP contribution is 2.20. The van der Waals surface area contributed by atoms with Crippen molar-refractivity contribution in [3.8, 4) is 0 Å². The highest BCUT2D eigenvalue weighted by atomic mass is 19.4. The summed E-state index contributed by atoms with van der Waals surface area (Å²) in [5, 5.41) is 0. The Morgan fingerprint density at radius 1 is 1.33 bits per heavy atom. The largest absolute Gasteiger partial charge is 0.394 e. The maximum Gasteiger partial charge on any atom is 0.394 e. The number of nitrogens with two attached hydrogens (primary N) is 1. The Hall–Kier alpha value is -1.26. The van der Waals surface area contributed by atoms with Gasteiger partial charge < -0.3 is 5.73 Å². The van der Waals surface area contributed by atoms with Crippen LogP contribution in [0.2, 0.25) is 0 Å². The number of alkyl halides is 3. The standard InChI is InChI=1S/C7H7F3N2/c8-7(9,10)4-5-2-1-3-6(11)12-5/h1-3H,4H2,(H2,11,12). The molecule has 1 aromatic rings. The van der Waals surface area contributed by atoms with Crippen molar-refractivity contribution in [1.82, 2.24) is 4.98 Å². The number of aromatic nitrogens is 1. The van der Waals surface area contributed by atoms with Crippen LogP contribution in [0.4, 0.5) is 19.0 Å². The summed E-state index contributed by atoms with van der Waals surface area (Å²) >= 11 is 0. The normalized spacial score (nSPS) is 11.6. The maximum atomic E-state index is 11.8. The van der Waals surface area contributed by atoms with E-state index in [9.17, 15) is 13.2 Å². The highest BCUT2D eigenvalue weighted by molar-refractivity contribution is 5.28. The van der Waals surface area contributed by atoms with Crippen LogP contribution >= 0.6 is 0 Å². The summed E-state index contributed by atoms with van der Waals surface area (Å²) in [7, 11) is 0. The number of nitrogen functional groups attached to an aromatic ring is 1. The zero-order valence-corrected chi connectivity index (χ0v) is 6.10. The minimum Gasteiger partial charge on any atom is -0.384 e. The molecule has 0 bridgehead atoms. The molecule has 0 aliphatic heterocycles. The number of anilines is 1. The Labute approximate surface area is 67.2 Å². The zero-order chi connectivity index (χ0) is 9.19. The van der Waals surface area contributed by atoms with E-state index in [4.69, 9.17) is 5.73 Å². The van der Waals surface area contributed by atoms with Gasteiger partial charge in [-0.2, -0.15) is 13.2 Å². The average Bonchev–Trinajstić information content (AvgIpc) is 1.82. The first-order chi connectivity index (χ1) is 5.47. The summed E-state index contributed by atoms with van der Waals surface area (Å²) in [6.45, 7) is 0. The van der Waals surface area contributed by atoms with Gasteiger partial charge in [0.1, 0.15) is 5.82 Å². The van der Waals surface area contributed by atoms with Gasteiger partial charge in [-0.05, 0) is 12.1 Å². The molecule has 0 radical (unpaired) electrons. The highest BCUT2D eigenvalue weighted by Gasteiger charge is 2.28. The minimum atomic E-state index is -4.22. The van der Waals surface area contributed by atoms with E-state index in [1.54, 1.807) is 0 Å². The molecule has 2 N–H and O–H groups in total. The lowest BCUT2D eigenvalue weighted by molar-refractivity contribution is -0.127. The molecule has 1 heterocycles. The Morgan fingerprint density at radius 3 is 2.50 bits per heavy atom. The number of hydrogen-bond donors (Lipinski definition) is 1. The van der Waals surface area contributed by atoms with Crippen molar-refractivity contribution >= 4 is 5.82 Å². The fourth-order valence-corrected chi connectivity index (χ4v) is 0.802. The van der Waals surface area contributed by atoms with Crippen LogP contribution in [0.1, 0.15) is 5.69 Å². The molecule has 0 aliphatic rings. The molecule has 0 unspecified atom stereocenters. The van der Waals surface area contributed by atoms with Crippen LogP contribution < -0.4 is 5.73 Å². The molecule has 0 aromatic carbocycles. The van der Waals surface area contributed by atoms with E-state index in [0.29, 0.717) is 0 Å². The molecule has 0 saturated heterocycles. The third-order valence-electron chi connectivity index (χ3n) is 1.21. The Morgan fingerprint density at radius 2 is 2.00 bits per heavy atom. The monoisotopic (exact) mass is 176 g/mol. The molecule has 1 rings (SSSR count). The fourth-order valence-electron chi connectivity index (χ4n) is 0.802. The van der Waals surface area contributed by atoms with Gasteiger partial charge in [0.15, 0.2) is 0 Å². The van der Waals surface area contributed by atoms with Gasteiger partial charge >= 0.3 is 6.18 Å². The number of hydrogen-bond acceptors (Lipinski definition) is 2. The minimum absolute atomic E-state index is 0.0532. The second-order valence-electron chi connectivity index (χ2n) is 2.35. The van der Waals surface area contributed by atoms with E-state index in [-0.39, 0.29) is 11.5 Å². The molecule has 0 fully saturated rings. The first-order valence-electron chi connectivity index (χ1n) is 3.25. The van der Waals surface area contributed by atoms with Gasteiger partial charge in [-0.3, -0.25) is 0 Å². The summed E-state index contributed by atoms with van der Waals surface area (Å²) in [6.07, 6.45) is -5.25. The van der Waals surface area contributed by atoms with Gasteiger partial charge in [-0.1, -0.05) is 6.07 Å². The molecule has 0 atom stereocenters. The Bertz CT molecular complexity index is 270. The molecule has 2 nitrogen and oxygen atoms in total. The average molecular weight is 176 g/mol. The zero-order valence-electron chi connectivity index (χ0n) is 6.10. The second kappa shape index (κ2) is 3.00. The van der Waals surface area contributed by atoms with E-state index in [1.807, 2.05) is 0 Å². The van der Waals surface area contributed by atoms with Gasteiger partial charge in [0.2, 0.25) is 0 Å². The van der Waals surface area contributed by atoms with Crippen molar-refractivity contribution < 1.29 is 13.2 Å². The lowest BCUT2D eigenvalue weighted by atomic mass is 10.2. The number of nitrogens with zero attached hydrogens (tertiary/aromatic N) is 1. The molecule has 1 aromatic heterocycles. The van der Waals surface area contributed by atoms with Crippen LogP contribution in [0.3, 0.4) is 0 Å². The molecule has 66 valence electrons. The van der Waals surface area contributed by atoms with E-state index >= 15 is 0 Å². The molecule has 12 heavy (non-hydrogen) atoms. The second-order valence-corrected chi connectivity index (χ2v) is 2.35. The van der Waals surface area contributed by atoms with Crippen LogP contribution in [-0.2, 0) is 6.42 Å². The van der Waals surface area contributed by atoms with Crippen molar-refractivity contribution in [2.75, 3.05) is 5.73 Å². The predicted octanol–water partition coefficient (Wildman–Crippen LogP) is 1.77. The quantitative estimate of drug-likeness (QED) is 0.708. The Kier molecular flexibility index (Phi) is 2.21. The summed E-state index contributed by atoms with van der Waals surface area (Å²) in [5.74, 6) is 0.108. The van der Waals surface area contributed by atoms with Gasteiger partial charge in [-0.15, -0.1) is 0 Å². The van der Waals surface area contributed by atoms with E-state index in [1.165, 1.54) is 18.2 Å². The topological polar surface area (TPSA) is 38.9 Å². The van der Waals surface area contributed by atoms with Crippen LogP contribution in [0, 0.1) is 0 Å². The van der Waals surface area contributed by atoms with Crippen molar-refractivity contribution in [3.63, 3.8) is 0 Å². The first-order valence-corrected chi connectivity index (χ1v) is 3.25. The van der Waals surface area contributed by atoms with E-state index < -0.39 is 12.6 Å². The van der Waals surface area contributed by atoms with E-state index in [2.05, 4.69) is 4.98 Å². The molecule has 0 saturated carbocycles. The van der Waals surface area contributed by atoms with Crippen LogP contribution in [0.15, 0.2) is 18.2 Å². The number of pyridine rings is 1. The third kappa shape index (κ3) is 2.77. The molecular formula is C7H7F3N2. The summed E-state index contributed by atoms with van der Waals surface area (Å²) in [6, 6.07) is 4.19. The van der Waals surface area contributed by atoms with Crippen molar-refractivity contribution in [2.45, 2.75) is 12.6 Å². The number of rotatable bonds is 1. The summed E-state index contributed by atoms with van der Waals surface area (Å²) in [4.78, 5) is 3.52. The first kappa shape index (κ1) is 8.83. The van der Waals surface area contributed by atoms with Gasteiger partial charge in [-0.25, -0.2) is 4.98 Å². The third-order valence-corrected chi connectivity index (χ3v) is 1.21. The van der Waals surface area contributed by atoms with Crippen LogP contribution in [0.25, 0.3) is 0 Å². The Balaban J connectivity index is 2.77. The van der Waals surface area contributed by atoms with Gasteiger partial charge in [0, 0.05) is 0 Å². The maximum absolute atomic E-state index is 11.8. The van der Waals surface area contributed by atoms with Gasteiger partial charge in [0.05, 0.1) is 12.1 Å². The lowest BCUT2D eigenvalue weighted by Crippen LogP contribution is -2.13. The molecular weight excluding hydrogens is 169 g/mol. The van der Waals surface area contributed by atoms with Crippen molar-refractivity contribution in [2.24, 2.45) is 0 Å². The lowest BCUT2D eigenvalue weighted by Gasteiger charge is -2.05. The molecule has 0 spiro atoms. The molecule has 0 amide bonds. The van der Waals surface area contributed by atoms with Crippen LogP contribution in [0.5, 0.6) is 0 Å². The number of halogens is 3. The summed E-state index contributed by atoms with van der Waals surface area (Å²) in [5.41, 5.74) is 5.15. The van der Waals surface area contributed by atoms with Crippen LogP contribution in [-0.4, -0.2) is 11.2 Å². The van der Waals surface area contributed by atoms with E-state index in [0.717, 1.165) is 0 Å². The molecule has 0 aliphatic carbocycles. The van der Waals surface area contributed by atoms with Gasteiger partial charge in [0.25, 0.3) is 0 Å². The smallest absolute Gasteiger partial charge is 0.384 e. The SMILES string of the molecule is Nc1cccc(CC(F)(F)F)n1. The van der Waals surface area contributed by atoms with Crippen molar-refractivity contribution in [3.05, 3.63) is 23.9 Å². The van der Waals surface area contributed by atoms with Crippen molar-refractivity contribution in [1.29, 1.82) is 0 Å². The summed E-state index contributed by atoms with van der Waals surface area (Å²) < 4.78 is 35.4. The molecule has 5 heteroatoms. The predicted molar refractivity (Wildman–Crippen MR) is 38.4 cm³/mol. The fraction of sp³-hybridized carbons (Fsp3) is 0.286.